The molecule has 0 saturated carbocycles. The predicted molar refractivity (Wildman–Crippen MR) is 109 cm³/mol. The SMILES string of the molecule is O=C(NCc1ccccc1)c1cccc(Nc2nccc3ccccc23)c1. The number of anilines is 2. The van der Waals surface area contributed by atoms with Crippen LogP contribution >= 0.6 is 0 Å². The topological polar surface area (TPSA) is 54.0 Å². The van der Waals surface area contributed by atoms with Crippen LogP contribution in [-0.2, 0) is 6.54 Å². The van der Waals surface area contributed by atoms with Crippen molar-refractivity contribution in [3.63, 3.8) is 0 Å². The molecule has 0 spiro atoms. The number of hydrogen-bond donors (Lipinski definition) is 2. The number of fused-ring (bicyclic) bond motifs is 1. The molecule has 4 rings (SSSR count). The van der Waals surface area contributed by atoms with Gasteiger partial charge in [-0.25, -0.2) is 4.98 Å². The second-order valence-electron chi connectivity index (χ2n) is 6.25. The zero-order valence-electron chi connectivity index (χ0n) is 14.7. The van der Waals surface area contributed by atoms with Gasteiger partial charge in [0.1, 0.15) is 5.82 Å². The van der Waals surface area contributed by atoms with Gasteiger partial charge in [0.2, 0.25) is 0 Å². The van der Waals surface area contributed by atoms with Crippen molar-refractivity contribution < 1.29 is 4.79 Å². The van der Waals surface area contributed by atoms with Crippen LogP contribution in [0.25, 0.3) is 10.8 Å². The lowest BCUT2D eigenvalue weighted by molar-refractivity contribution is 0.0951. The number of amides is 1. The highest BCUT2D eigenvalue weighted by atomic mass is 16.1. The summed E-state index contributed by atoms with van der Waals surface area (Å²) in [6.45, 7) is 0.502. The highest BCUT2D eigenvalue weighted by Gasteiger charge is 2.08. The monoisotopic (exact) mass is 353 g/mol. The standard InChI is InChI=1S/C23H19N3O/c27-23(25-16-17-7-2-1-3-8-17)19-10-6-11-20(15-19)26-22-21-12-5-4-9-18(21)13-14-24-22/h1-15H,16H2,(H,24,26)(H,25,27). The zero-order chi connectivity index (χ0) is 18.5. The van der Waals surface area contributed by atoms with E-state index in [4.69, 9.17) is 0 Å². The summed E-state index contributed by atoms with van der Waals surface area (Å²) in [7, 11) is 0. The number of aromatic nitrogens is 1. The average molecular weight is 353 g/mol. The van der Waals surface area contributed by atoms with E-state index < -0.39 is 0 Å². The van der Waals surface area contributed by atoms with Crippen LogP contribution in [0.15, 0.2) is 91.1 Å². The number of hydrogen-bond acceptors (Lipinski definition) is 3. The third-order valence-electron chi connectivity index (χ3n) is 4.36. The number of carbonyl (C=O) groups excluding carboxylic acids is 1. The van der Waals surface area contributed by atoms with Crippen molar-refractivity contribution in [1.29, 1.82) is 0 Å². The molecule has 1 aromatic heterocycles. The largest absolute Gasteiger partial charge is 0.348 e. The van der Waals surface area contributed by atoms with Gasteiger partial charge in [0.15, 0.2) is 0 Å². The van der Waals surface area contributed by atoms with Gasteiger partial charge >= 0.3 is 0 Å². The first-order chi connectivity index (χ1) is 13.3. The minimum atomic E-state index is -0.103. The summed E-state index contributed by atoms with van der Waals surface area (Å²) < 4.78 is 0. The molecule has 0 bridgehead atoms. The van der Waals surface area contributed by atoms with Gasteiger partial charge in [-0.2, -0.15) is 0 Å². The maximum Gasteiger partial charge on any atom is 0.251 e. The molecule has 0 fully saturated rings. The number of rotatable bonds is 5. The summed E-state index contributed by atoms with van der Waals surface area (Å²) in [5.74, 6) is 0.670. The van der Waals surface area contributed by atoms with Gasteiger partial charge in [0.05, 0.1) is 0 Å². The number of benzene rings is 3. The Hall–Kier alpha value is -3.66. The van der Waals surface area contributed by atoms with E-state index in [1.807, 2.05) is 78.9 Å². The second kappa shape index (κ2) is 7.70. The van der Waals surface area contributed by atoms with Crippen LogP contribution in [0, 0.1) is 0 Å². The quantitative estimate of drug-likeness (QED) is 0.536. The summed E-state index contributed by atoms with van der Waals surface area (Å²) in [5, 5.41) is 8.44. The Labute approximate surface area is 157 Å². The fraction of sp³-hybridized carbons (Fsp3) is 0.0435. The van der Waals surface area contributed by atoms with Crippen molar-refractivity contribution in [2.45, 2.75) is 6.54 Å². The fourth-order valence-electron chi connectivity index (χ4n) is 2.97. The van der Waals surface area contributed by atoms with Crippen LogP contribution in [0.5, 0.6) is 0 Å². The predicted octanol–water partition coefficient (Wildman–Crippen LogP) is 4.91. The van der Waals surface area contributed by atoms with E-state index in [1.54, 1.807) is 6.20 Å². The highest BCUT2D eigenvalue weighted by molar-refractivity contribution is 5.96. The number of pyridine rings is 1. The average Bonchev–Trinajstić information content (AvgIpc) is 2.73. The molecule has 0 saturated heterocycles. The van der Waals surface area contributed by atoms with Gasteiger partial charge in [-0.1, -0.05) is 60.7 Å². The van der Waals surface area contributed by atoms with Crippen molar-refractivity contribution in [3.8, 4) is 0 Å². The number of nitrogens with one attached hydrogen (secondary N) is 2. The Kier molecular flexibility index (Phi) is 4.79. The third kappa shape index (κ3) is 3.96. The molecular formula is C23H19N3O. The second-order valence-corrected chi connectivity index (χ2v) is 6.25. The van der Waals surface area contributed by atoms with E-state index >= 15 is 0 Å². The lowest BCUT2D eigenvalue weighted by Crippen LogP contribution is -2.22. The van der Waals surface area contributed by atoms with E-state index in [2.05, 4.69) is 21.7 Å². The molecule has 1 heterocycles. The van der Waals surface area contributed by atoms with Gasteiger partial charge in [-0.15, -0.1) is 0 Å². The summed E-state index contributed by atoms with van der Waals surface area (Å²) >= 11 is 0. The molecule has 4 nitrogen and oxygen atoms in total. The zero-order valence-corrected chi connectivity index (χ0v) is 14.7. The van der Waals surface area contributed by atoms with Gasteiger partial charge < -0.3 is 10.6 Å². The normalized spacial score (nSPS) is 10.5. The Morgan fingerprint density at radius 1 is 0.852 bits per heavy atom. The molecule has 0 aliphatic rings. The van der Waals surface area contributed by atoms with Crippen LogP contribution in [0.4, 0.5) is 11.5 Å². The van der Waals surface area contributed by atoms with Gasteiger partial charge in [0.25, 0.3) is 5.91 Å². The van der Waals surface area contributed by atoms with E-state index in [0.29, 0.717) is 12.1 Å². The van der Waals surface area contributed by atoms with Gasteiger partial charge in [-0.3, -0.25) is 4.79 Å². The first-order valence-corrected chi connectivity index (χ1v) is 8.82. The molecule has 2 N–H and O–H groups in total. The van der Waals surface area contributed by atoms with E-state index in [0.717, 1.165) is 27.8 Å². The van der Waals surface area contributed by atoms with Crippen LogP contribution in [-0.4, -0.2) is 10.9 Å². The van der Waals surface area contributed by atoms with Crippen molar-refractivity contribution in [3.05, 3.63) is 102 Å². The van der Waals surface area contributed by atoms with Crippen LogP contribution in [0.1, 0.15) is 15.9 Å². The van der Waals surface area contributed by atoms with E-state index in [-0.39, 0.29) is 5.91 Å². The third-order valence-corrected chi connectivity index (χ3v) is 4.36. The molecule has 132 valence electrons. The maximum absolute atomic E-state index is 12.5. The smallest absolute Gasteiger partial charge is 0.251 e. The molecule has 0 radical (unpaired) electrons. The Bertz CT molecular complexity index is 1070. The molecule has 3 aromatic carbocycles. The first-order valence-electron chi connectivity index (χ1n) is 8.82. The Morgan fingerprint density at radius 3 is 2.56 bits per heavy atom. The molecule has 1 amide bonds. The Morgan fingerprint density at radius 2 is 1.67 bits per heavy atom. The number of nitrogens with zero attached hydrogens (tertiary/aromatic N) is 1. The van der Waals surface area contributed by atoms with Crippen molar-refractivity contribution in [2.24, 2.45) is 0 Å². The van der Waals surface area contributed by atoms with E-state index in [9.17, 15) is 4.79 Å². The van der Waals surface area contributed by atoms with Crippen LogP contribution in [0.2, 0.25) is 0 Å². The molecule has 27 heavy (non-hydrogen) atoms. The lowest BCUT2D eigenvalue weighted by atomic mass is 10.1. The molecule has 4 heteroatoms. The summed E-state index contributed by atoms with van der Waals surface area (Å²) in [6, 6.07) is 27.4. The van der Waals surface area contributed by atoms with Gasteiger partial charge in [0, 0.05) is 29.4 Å². The van der Waals surface area contributed by atoms with Gasteiger partial charge in [-0.05, 0) is 35.2 Å². The summed E-state index contributed by atoms with van der Waals surface area (Å²) in [5.41, 5.74) is 2.50. The lowest BCUT2D eigenvalue weighted by Gasteiger charge is -2.10. The Balaban J connectivity index is 1.51. The molecular weight excluding hydrogens is 334 g/mol. The first kappa shape index (κ1) is 16.8. The van der Waals surface area contributed by atoms with Crippen molar-refractivity contribution in [2.75, 3.05) is 5.32 Å². The minimum Gasteiger partial charge on any atom is -0.348 e. The fourth-order valence-corrected chi connectivity index (χ4v) is 2.97. The summed E-state index contributed by atoms with van der Waals surface area (Å²) in [6.07, 6.45) is 1.78. The molecule has 0 aliphatic carbocycles. The summed E-state index contributed by atoms with van der Waals surface area (Å²) in [4.78, 5) is 16.9. The molecule has 0 aliphatic heterocycles. The van der Waals surface area contributed by atoms with Crippen molar-refractivity contribution in [1.82, 2.24) is 10.3 Å². The molecule has 0 unspecified atom stereocenters. The molecule has 0 atom stereocenters. The maximum atomic E-state index is 12.5. The van der Waals surface area contributed by atoms with Crippen molar-refractivity contribution >= 4 is 28.2 Å². The van der Waals surface area contributed by atoms with Crippen LogP contribution < -0.4 is 10.6 Å². The molecule has 4 aromatic rings. The van der Waals surface area contributed by atoms with E-state index in [1.165, 1.54) is 0 Å². The van der Waals surface area contributed by atoms with Crippen LogP contribution in [0.3, 0.4) is 0 Å². The highest BCUT2D eigenvalue weighted by Crippen LogP contribution is 2.24. The number of carbonyl (C=O) groups is 1. The minimum absolute atomic E-state index is 0.103.